The van der Waals surface area contributed by atoms with E-state index in [9.17, 15) is 14.9 Å². The first-order chi connectivity index (χ1) is 11.0. The maximum atomic E-state index is 12.4. The number of fused-ring (bicyclic) bond motifs is 1. The molecule has 0 atom stereocenters. The molecule has 6 nitrogen and oxygen atoms in total. The lowest BCUT2D eigenvalue weighted by atomic mass is 9.81. The van der Waals surface area contributed by atoms with E-state index in [-0.39, 0.29) is 29.4 Å². The summed E-state index contributed by atoms with van der Waals surface area (Å²) in [5, 5.41) is 17.9. The van der Waals surface area contributed by atoms with Crippen LogP contribution in [0.3, 0.4) is 0 Å². The van der Waals surface area contributed by atoms with Crippen molar-refractivity contribution in [3.05, 3.63) is 39.3 Å². The molecule has 1 fully saturated rings. The number of carbonyl (C=O) groups excluding carboxylic acids is 1. The van der Waals surface area contributed by atoms with E-state index in [0.717, 1.165) is 36.0 Å². The number of hydrogen-bond donors (Lipinski definition) is 2. The van der Waals surface area contributed by atoms with Crippen molar-refractivity contribution in [2.45, 2.75) is 19.8 Å². The number of nitro groups is 1. The van der Waals surface area contributed by atoms with Crippen LogP contribution in [0.2, 0.25) is 0 Å². The number of carbonyl (C=O) groups is 1. The fourth-order valence-electron chi connectivity index (χ4n) is 2.84. The minimum atomic E-state index is -0.422. The van der Waals surface area contributed by atoms with Gasteiger partial charge in [-0.15, -0.1) is 23.7 Å². The van der Waals surface area contributed by atoms with Crippen molar-refractivity contribution in [2.75, 3.05) is 19.6 Å². The van der Waals surface area contributed by atoms with Gasteiger partial charge >= 0.3 is 0 Å². The molecule has 1 saturated heterocycles. The average Bonchev–Trinajstić information content (AvgIpc) is 2.96. The van der Waals surface area contributed by atoms with E-state index in [4.69, 9.17) is 0 Å². The van der Waals surface area contributed by atoms with Gasteiger partial charge in [-0.1, -0.05) is 6.92 Å². The third-order valence-electron chi connectivity index (χ3n) is 4.42. The Morgan fingerprint density at radius 1 is 1.38 bits per heavy atom. The van der Waals surface area contributed by atoms with Crippen molar-refractivity contribution < 1.29 is 9.72 Å². The van der Waals surface area contributed by atoms with Crippen LogP contribution in [0.15, 0.2) is 24.3 Å². The van der Waals surface area contributed by atoms with E-state index in [2.05, 4.69) is 17.6 Å². The number of benzene rings is 1. The highest BCUT2D eigenvalue weighted by atomic mass is 35.5. The van der Waals surface area contributed by atoms with Crippen molar-refractivity contribution in [3.63, 3.8) is 0 Å². The van der Waals surface area contributed by atoms with Gasteiger partial charge in [0, 0.05) is 28.8 Å². The van der Waals surface area contributed by atoms with Crippen LogP contribution in [-0.2, 0) is 0 Å². The lowest BCUT2D eigenvalue weighted by Crippen LogP contribution is -2.42. The van der Waals surface area contributed by atoms with Gasteiger partial charge in [0.05, 0.1) is 9.80 Å². The number of thiophene rings is 1. The summed E-state index contributed by atoms with van der Waals surface area (Å²) in [5.74, 6) is -0.103. The Morgan fingerprint density at radius 2 is 2.08 bits per heavy atom. The van der Waals surface area contributed by atoms with E-state index in [0.29, 0.717) is 11.4 Å². The Hall–Kier alpha value is -1.70. The average molecular weight is 370 g/mol. The maximum Gasteiger partial charge on any atom is 0.270 e. The van der Waals surface area contributed by atoms with Crippen molar-refractivity contribution >= 4 is 45.4 Å². The molecule has 2 N–H and O–H groups in total. The maximum absolute atomic E-state index is 12.4. The number of nitro benzene ring substituents is 1. The van der Waals surface area contributed by atoms with Gasteiger partial charge in [-0.05, 0) is 43.5 Å². The zero-order valence-corrected chi connectivity index (χ0v) is 15.0. The summed E-state index contributed by atoms with van der Waals surface area (Å²) in [5.41, 5.74) is 0.181. The molecule has 0 unspecified atom stereocenters. The Kier molecular flexibility index (Phi) is 5.79. The third-order valence-corrected chi connectivity index (χ3v) is 5.54. The molecular formula is C16H20ClN3O3S. The van der Waals surface area contributed by atoms with Gasteiger partial charge in [0.2, 0.25) is 0 Å². The standard InChI is InChI=1S/C16H19N3O3S.ClH/c1-16(4-6-17-7-5-16)10-18-15(20)14-9-11-8-12(19(21)22)2-3-13(11)23-14;/h2-3,8-9,17H,4-7,10H2,1H3,(H,18,20);1H. The van der Waals surface area contributed by atoms with Crippen molar-refractivity contribution in [2.24, 2.45) is 5.41 Å². The second-order valence-electron chi connectivity index (χ2n) is 6.33. The zero-order chi connectivity index (χ0) is 16.4. The summed E-state index contributed by atoms with van der Waals surface area (Å²) in [6.07, 6.45) is 2.10. The Bertz CT molecular complexity index is 756. The summed E-state index contributed by atoms with van der Waals surface area (Å²) in [6, 6.07) is 6.41. The number of piperidine rings is 1. The summed E-state index contributed by atoms with van der Waals surface area (Å²) in [4.78, 5) is 23.4. The van der Waals surface area contributed by atoms with Gasteiger partial charge < -0.3 is 10.6 Å². The molecule has 1 aliphatic rings. The highest BCUT2D eigenvalue weighted by Crippen LogP contribution is 2.30. The number of non-ortho nitro benzene ring substituents is 1. The van der Waals surface area contributed by atoms with Crippen LogP contribution in [0.4, 0.5) is 5.69 Å². The van der Waals surface area contributed by atoms with E-state index < -0.39 is 4.92 Å². The summed E-state index contributed by atoms with van der Waals surface area (Å²) in [6.45, 7) is 4.82. The number of amides is 1. The number of halogens is 1. The first-order valence-corrected chi connectivity index (χ1v) is 8.45. The first-order valence-electron chi connectivity index (χ1n) is 7.64. The minimum absolute atomic E-state index is 0. The molecular weight excluding hydrogens is 350 g/mol. The molecule has 130 valence electrons. The molecule has 1 aromatic carbocycles. The van der Waals surface area contributed by atoms with Crippen LogP contribution >= 0.6 is 23.7 Å². The Balaban J connectivity index is 0.00000208. The van der Waals surface area contributed by atoms with Gasteiger partial charge in [-0.3, -0.25) is 14.9 Å². The number of nitrogens with zero attached hydrogens (tertiary/aromatic N) is 1. The predicted molar refractivity (Wildman–Crippen MR) is 98.3 cm³/mol. The molecule has 1 amide bonds. The number of nitrogens with one attached hydrogen (secondary N) is 2. The van der Waals surface area contributed by atoms with E-state index >= 15 is 0 Å². The molecule has 0 saturated carbocycles. The molecule has 1 aliphatic heterocycles. The Labute approximate surface area is 150 Å². The minimum Gasteiger partial charge on any atom is -0.351 e. The fraction of sp³-hybridized carbons (Fsp3) is 0.438. The van der Waals surface area contributed by atoms with Crippen LogP contribution in [0.5, 0.6) is 0 Å². The second-order valence-corrected chi connectivity index (χ2v) is 7.42. The van der Waals surface area contributed by atoms with Crippen LogP contribution < -0.4 is 10.6 Å². The molecule has 0 radical (unpaired) electrons. The number of rotatable bonds is 4. The van der Waals surface area contributed by atoms with Gasteiger partial charge in [-0.25, -0.2) is 0 Å². The number of hydrogen-bond acceptors (Lipinski definition) is 5. The van der Waals surface area contributed by atoms with Gasteiger partial charge in [0.25, 0.3) is 11.6 Å². The highest BCUT2D eigenvalue weighted by Gasteiger charge is 2.27. The third kappa shape index (κ3) is 4.03. The second kappa shape index (κ2) is 7.46. The van der Waals surface area contributed by atoms with Crippen LogP contribution in [0.1, 0.15) is 29.4 Å². The lowest BCUT2D eigenvalue weighted by molar-refractivity contribution is -0.384. The molecule has 0 spiro atoms. The molecule has 2 aromatic rings. The summed E-state index contributed by atoms with van der Waals surface area (Å²) >= 11 is 1.36. The largest absolute Gasteiger partial charge is 0.351 e. The first kappa shape index (κ1) is 18.6. The zero-order valence-electron chi connectivity index (χ0n) is 13.3. The van der Waals surface area contributed by atoms with Crippen LogP contribution in [0.25, 0.3) is 10.1 Å². The predicted octanol–water partition coefficient (Wildman–Crippen LogP) is 3.35. The molecule has 0 aliphatic carbocycles. The topological polar surface area (TPSA) is 84.3 Å². The van der Waals surface area contributed by atoms with E-state index in [1.165, 1.54) is 23.5 Å². The lowest BCUT2D eigenvalue weighted by Gasteiger charge is -2.34. The molecule has 2 heterocycles. The van der Waals surface area contributed by atoms with E-state index in [1.807, 2.05) is 0 Å². The normalized spacial score (nSPS) is 16.4. The fourth-order valence-corrected chi connectivity index (χ4v) is 3.80. The summed E-state index contributed by atoms with van der Waals surface area (Å²) in [7, 11) is 0. The van der Waals surface area contributed by atoms with Crippen LogP contribution in [0, 0.1) is 15.5 Å². The van der Waals surface area contributed by atoms with Crippen LogP contribution in [-0.4, -0.2) is 30.5 Å². The molecule has 24 heavy (non-hydrogen) atoms. The highest BCUT2D eigenvalue weighted by molar-refractivity contribution is 7.20. The van der Waals surface area contributed by atoms with Crippen molar-refractivity contribution in [1.82, 2.24) is 10.6 Å². The molecule has 1 aromatic heterocycles. The van der Waals surface area contributed by atoms with E-state index in [1.54, 1.807) is 12.1 Å². The smallest absolute Gasteiger partial charge is 0.270 e. The summed E-state index contributed by atoms with van der Waals surface area (Å²) < 4.78 is 0.883. The molecule has 8 heteroatoms. The SMILES string of the molecule is CC1(CNC(=O)c2cc3cc([N+](=O)[O-])ccc3s2)CCNCC1.Cl. The monoisotopic (exact) mass is 369 g/mol. The molecule has 0 bridgehead atoms. The van der Waals surface area contributed by atoms with Gasteiger partial charge in [-0.2, -0.15) is 0 Å². The Morgan fingerprint density at radius 3 is 2.75 bits per heavy atom. The van der Waals surface area contributed by atoms with Gasteiger partial charge in [0.15, 0.2) is 0 Å². The van der Waals surface area contributed by atoms with Crippen molar-refractivity contribution in [1.29, 1.82) is 0 Å². The van der Waals surface area contributed by atoms with Crippen molar-refractivity contribution in [3.8, 4) is 0 Å². The van der Waals surface area contributed by atoms with Gasteiger partial charge in [0.1, 0.15) is 0 Å². The molecule has 3 rings (SSSR count). The quantitative estimate of drug-likeness (QED) is 0.639.